The largest absolute Gasteiger partial charge is 0.378 e. The molecule has 0 saturated carbocycles. The molecule has 0 aromatic carbocycles. The van der Waals surface area contributed by atoms with E-state index in [0.717, 1.165) is 0 Å². The van der Waals surface area contributed by atoms with E-state index >= 15 is 4.39 Å². The monoisotopic (exact) mass is 498 g/mol. The average molecular weight is 498 g/mol. The number of aliphatic hydroxyl groups is 1. The van der Waals surface area contributed by atoms with Crippen molar-refractivity contribution in [2.45, 2.75) is 96.7 Å². The fourth-order valence-corrected chi connectivity index (χ4v) is 6.93. The van der Waals surface area contributed by atoms with E-state index in [4.69, 9.17) is 28.1 Å². The summed E-state index contributed by atoms with van der Waals surface area (Å²) in [6, 6.07) is 1.82. The molecule has 0 aromatic heterocycles. The summed E-state index contributed by atoms with van der Waals surface area (Å²) >= 11 is 0. The predicted octanol–water partition coefficient (Wildman–Crippen LogP) is 3.32. The van der Waals surface area contributed by atoms with Gasteiger partial charge in [-0.3, -0.25) is 4.57 Å². The second kappa shape index (κ2) is 14.3. The Hall–Kier alpha value is -0.135. The lowest BCUT2D eigenvalue weighted by Gasteiger charge is -2.37. The van der Waals surface area contributed by atoms with Gasteiger partial charge in [0.1, 0.15) is 7.85 Å². The normalized spacial score (nSPS) is 24.8. The molecule has 1 saturated heterocycles. The van der Waals surface area contributed by atoms with E-state index in [1.807, 2.05) is 27.7 Å². The van der Waals surface area contributed by atoms with Gasteiger partial charge in [0.2, 0.25) is 0 Å². The summed E-state index contributed by atoms with van der Waals surface area (Å²) < 4.78 is 58.0. The van der Waals surface area contributed by atoms with E-state index in [9.17, 15) is 9.67 Å². The van der Waals surface area contributed by atoms with Crippen LogP contribution >= 0.6 is 16.1 Å². The first kappa shape index (κ1) is 29.9. The Morgan fingerprint density at radius 2 is 1.84 bits per heavy atom. The van der Waals surface area contributed by atoms with Crippen LogP contribution in [0.1, 0.15) is 54.4 Å². The van der Waals surface area contributed by atoms with Gasteiger partial charge in [0.05, 0.1) is 50.5 Å². The van der Waals surface area contributed by atoms with E-state index in [2.05, 4.69) is 10.7 Å². The molecule has 1 fully saturated rings. The van der Waals surface area contributed by atoms with E-state index < -0.39 is 46.3 Å². The summed E-state index contributed by atoms with van der Waals surface area (Å²) in [5.41, 5.74) is 0. The van der Waals surface area contributed by atoms with Gasteiger partial charge in [0, 0.05) is 18.5 Å². The van der Waals surface area contributed by atoms with Gasteiger partial charge in [-0.05, 0) is 41.5 Å². The molecular formula is C19H38BFN2O7P2. The minimum Gasteiger partial charge on any atom is -0.378 e. The van der Waals surface area contributed by atoms with Crippen molar-refractivity contribution in [2.75, 3.05) is 19.8 Å². The zero-order valence-corrected chi connectivity index (χ0v) is 21.9. The van der Waals surface area contributed by atoms with E-state index in [1.54, 1.807) is 21.7 Å². The number of nitrogens with zero attached hydrogens (tertiary/aromatic N) is 2. The molecule has 9 nitrogen and oxygen atoms in total. The highest BCUT2D eigenvalue weighted by atomic mass is 31.2. The highest BCUT2D eigenvalue weighted by molar-refractivity contribution is 7.54. The lowest BCUT2D eigenvalue weighted by Crippen LogP contribution is -2.36. The number of rotatable bonds is 15. The Morgan fingerprint density at radius 1 is 1.28 bits per heavy atom. The first-order chi connectivity index (χ1) is 15.0. The van der Waals surface area contributed by atoms with Crippen molar-refractivity contribution in [3.8, 4) is 6.07 Å². The van der Waals surface area contributed by atoms with Crippen molar-refractivity contribution in [3.63, 3.8) is 0 Å². The smallest absolute Gasteiger partial charge is 0.362 e. The molecule has 0 radical (unpaired) electrons. The molecular weight excluding hydrogens is 460 g/mol. The SMILES string of the molecule is B[C@@H]1O[C@H](C(F)C(O)P(=O)(OCC)OCC)C[C@@H]1OP(OCCC#N)N(C(C)C)C(C)C. The van der Waals surface area contributed by atoms with Crippen molar-refractivity contribution < 1.29 is 36.9 Å². The fourth-order valence-electron chi connectivity index (χ4n) is 3.50. The molecule has 0 bridgehead atoms. The van der Waals surface area contributed by atoms with Crippen LogP contribution in [0.3, 0.4) is 0 Å². The molecule has 186 valence electrons. The minimum atomic E-state index is -4.05. The summed E-state index contributed by atoms with van der Waals surface area (Å²) in [5.74, 6) is -1.96. The topological polar surface area (TPSA) is 110 Å². The third kappa shape index (κ3) is 8.27. The van der Waals surface area contributed by atoms with Gasteiger partial charge in [0.15, 0.2) is 12.0 Å². The lowest BCUT2D eigenvalue weighted by molar-refractivity contribution is -0.0200. The van der Waals surface area contributed by atoms with E-state index in [-0.39, 0.29) is 44.7 Å². The third-order valence-corrected chi connectivity index (χ3v) is 9.17. The minimum absolute atomic E-state index is 0.0132. The molecule has 32 heavy (non-hydrogen) atoms. The molecule has 3 unspecified atom stereocenters. The van der Waals surface area contributed by atoms with Crippen LogP contribution in [0.4, 0.5) is 4.39 Å². The molecule has 6 atom stereocenters. The van der Waals surface area contributed by atoms with Crippen LogP contribution in [0.2, 0.25) is 0 Å². The van der Waals surface area contributed by atoms with Crippen molar-refractivity contribution in [1.29, 1.82) is 5.26 Å². The summed E-state index contributed by atoms with van der Waals surface area (Å²) in [6.45, 7) is 11.5. The van der Waals surface area contributed by atoms with Gasteiger partial charge in [-0.15, -0.1) is 0 Å². The molecule has 0 aliphatic carbocycles. The summed E-state index contributed by atoms with van der Waals surface area (Å²) in [7, 11) is -3.82. The molecule has 13 heteroatoms. The first-order valence-electron chi connectivity index (χ1n) is 11.1. The van der Waals surface area contributed by atoms with Gasteiger partial charge in [-0.2, -0.15) is 5.26 Å². The summed E-state index contributed by atoms with van der Waals surface area (Å²) in [6.07, 6.45) is -3.15. The Labute approximate surface area is 193 Å². The van der Waals surface area contributed by atoms with Gasteiger partial charge in [-0.25, -0.2) is 9.06 Å². The molecule has 0 amide bonds. The molecule has 1 N–H and O–H groups in total. The number of hydrogen-bond donors (Lipinski definition) is 1. The molecule has 0 aromatic rings. The van der Waals surface area contributed by atoms with E-state index in [1.165, 1.54) is 0 Å². The van der Waals surface area contributed by atoms with Crippen LogP contribution in [0.15, 0.2) is 0 Å². The maximum Gasteiger partial charge on any atom is 0.362 e. The molecule has 1 heterocycles. The first-order valence-corrected chi connectivity index (χ1v) is 13.9. The predicted molar refractivity (Wildman–Crippen MR) is 124 cm³/mol. The van der Waals surface area contributed by atoms with E-state index in [0.29, 0.717) is 0 Å². The Balaban J connectivity index is 2.94. The maximum atomic E-state index is 15.2. The molecule has 1 aliphatic heterocycles. The Bertz CT molecular complexity index is 625. The van der Waals surface area contributed by atoms with Crippen molar-refractivity contribution in [3.05, 3.63) is 0 Å². The zero-order chi connectivity index (χ0) is 24.5. The highest BCUT2D eigenvalue weighted by Gasteiger charge is 2.49. The van der Waals surface area contributed by atoms with Gasteiger partial charge < -0.3 is 27.9 Å². The number of halogens is 1. The number of nitriles is 1. The maximum absolute atomic E-state index is 15.2. The zero-order valence-electron chi connectivity index (χ0n) is 20.1. The standard InChI is InChI=1S/C19H38BFN2O7P2/c1-7-27-32(25,28-8-2)19(24)17(21)15-12-16(18(20)29-15)30-31(26-11-9-10-22)23(13(3)4)14(5)6/h13-19,24H,7-9,11-12,20H2,1-6H3/t15-,16-,17?,18+,19?,31?/m0/s1. The van der Waals surface area contributed by atoms with Crippen LogP contribution in [0.5, 0.6) is 0 Å². The van der Waals surface area contributed by atoms with Crippen molar-refractivity contribution in [2.24, 2.45) is 0 Å². The van der Waals surface area contributed by atoms with Gasteiger partial charge in [-0.1, -0.05) is 0 Å². The number of hydrogen-bond acceptors (Lipinski definition) is 9. The second-order valence-corrected chi connectivity index (χ2v) is 11.6. The van der Waals surface area contributed by atoms with Gasteiger partial charge >= 0.3 is 7.60 Å². The number of ether oxygens (including phenoxy) is 1. The number of aliphatic hydroxyl groups excluding tert-OH is 1. The van der Waals surface area contributed by atoms with Crippen molar-refractivity contribution in [1.82, 2.24) is 4.67 Å². The van der Waals surface area contributed by atoms with Gasteiger partial charge in [0.25, 0.3) is 8.53 Å². The molecule has 1 aliphatic rings. The average Bonchev–Trinajstić information content (AvgIpc) is 3.07. The second-order valence-electron chi connectivity index (χ2n) is 8.04. The molecule has 1 rings (SSSR count). The van der Waals surface area contributed by atoms with Crippen LogP contribution in [-0.2, 0) is 27.4 Å². The number of alkyl halides is 1. The Kier molecular flexibility index (Phi) is 13.4. The summed E-state index contributed by atoms with van der Waals surface area (Å²) in [4.78, 5) is 0. The van der Waals surface area contributed by atoms with Crippen LogP contribution < -0.4 is 0 Å². The van der Waals surface area contributed by atoms with Crippen LogP contribution in [0.25, 0.3) is 0 Å². The fraction of sp³-hybridized carbons (Fsp3) is 0.947. The van der Waals surface area contributed by atoms with Crippen LogP contribution in [-0.4, -0.2) is 79.8 Å². The highest BCUT2D eigenvalue weighted by Crippen LogP contribution is 2.55. The third-order valence-electron chi connectivity index (χ3n) is 4.85. The lowest BCUT2D eigenvalue weighted by atomic mass is 9.94. The molecule has 0 spiro atoms. The Morgan fingerprint density at radius 3 is 2.31 bits per heavy atom. The van der Waals surface area contributed by atoms with Crippen LogP contribution in [0, 0.1) is 11.3 Å². The quantitative estimate of drug-likeness (QED) is 0.207. The summed E-state index contributed by atoms with van der Waals surface area (Å²) in [5, 5.41) is 19.3. The van der Waals surface area contributed by atoms with Crippen molar-refractivity contribution >= 4 is 24.0 Å².